The van der Waals surface area contributed by atoms with Gasteiger partial charge >= 0.3 is 0 Å². The lowest BCUT2D eigenvalue weighted by Gasteiger charge is -2.18. The number of nitrogens with zero attached hydrogens (tertiary/aromatic N) is 1. The fraction of sp³-hybridized carbons (Fsp3) is 0.156. The van der Waals surface area contributed by atoms with Crippen molar-refractivity contribution in [3.05, 3.63) is 120 Å². The number of rotatable bonds is 7. The Morgan fingerprint density at radius 2 is 1.55 bits per heavy atom. The average Bonchev–Trinajstić information content (AvgIpc) is 3.38. The van der Waals surface area contributed by atoms with Crippen LogP contribution in [0, 0.1) is 0 Å². The van der Waals surface area contributed by atoms with Crippen molar-refractivity contribution in [2.24, 2.45) is 0 Å². The third kappa shape index (κ3) is 5.66. The van der Waals surface area contributed by atoms with Gasteiger partial charge in [0.1, 0.15) is 5.52 Å². The number of aromatic nitrogens is 1. The second kappa shape index (κ2) is 11.4. The molecular weight excluding hydrogens is 490 g/mol. The quantitative estimate of drug-likeness (QED) is 0.216. The summed E-state index contributed by atoms with van der Waals surface area (Å²) in [5, 5.41) is 6.23. The second-order valence-electron chi connectivity index (χ2n) is 9.33. The van der Waals surface area contributed by atoms with E-state index in [9.17, 15) is 4.79 Å². The Bertz CT molecular complexity index is 1520. The van der Waals surface area contributed by atoms with Gasteiger partial charge in [0.2, 0.25) is 11.8 Å². The second-order valence-corrected chi connectivity index (χ2v) is 9.74. The summed E-state index contributed by atoms with van der Waals surface area (Å²) in [5.74, 6) is 0.315. The number of carbonyl (C=O) groups is 1. The Morgan fingerprint density at radius 1 is 0.868 bits per heavy atom. The highest BCUT2D eigenvalue weighted by molar-refractivity contribution is 7.80. The molecule has 0 aliphatic carbocycles. The number of nitrogens with one attached hydrogen (secondary N) is 2. The van der Waals surface area contributed by atoms with Crippen LogP contribution in [-0.2, 0) is 4.79 Å². The molecule has 4 aromatic carbocycles. The Hall–Kier alpha value is -4.29. The maximum absolute atomic E-state index is 13.4. The zero-order valence-electron chi connectivity index (χ0n) is 21.3. The molecule has 5 nitrogen and oxygen atoms in total. The number of anilines is 1. The smallest absolute Gasteiger partial charge is 0.238 e. The number of thiocarbonyl (C=S) groups is 1. The number of carbonyl (C=O) groups excluding carboxylic acids is 1. The molecule has 1 atom stereocenters. The number of benzene rings is 4. The van der Waals surface area contributed by atoms with Crippen LogP contribution in [0.3, 0.4) is 0 Å². The van der Waals surface area contributed by atoms with Crippen LogP contribution < -0.4 is 10.6 Å². The maximum Gasteiger partial charge on any atom is 0.238 e. The monoisotopic (exact) mass is 519 g/mol. The van der Waals surface area contributed by atoms with Crippen LogP contribution >= 0.6 is 12.2 Å². The van der Waals surface area contributed by atoms with Gasteiger partial charge in [-0.1, -0.05) is 86.6 Å². The Kier molecular flexibility index (Phi) is 7.61. The lowest BCUT2D eigenvalue weighted by Crippen LogP contribution is -2.37. The minimum atomic E-state index is -0.483. The molecule has 0 fully saturated rings. The van der Waals surface area contributed by atoms with Crippen molar-refractivity contribution in [2.75, 3.05) is 5.32 Å². The first kappa shape index (κ1) is 25.4. The molecule has 0 bridgehead atoms. The van der Waals surface area contributed by atoms with E-state index >= 15 is 0 Å². The number of hydrogen-bond donors (Lipinski definition) is 2. The molecule has 6 heteroatoms. The molecule has 38 heavy (non-hydrogen) atoms. The van der Waals surface area contributed by atoms with Crippen LogP contribution in [0.5, 0.6) is 0 Å². The van der Waals surface area contributed by atoms with Gasteiger partial charge in [-0.05, 0) is 71.6 Å². The van der Waals surface area contributed by atoms with Gasteiger partial charge in [0.15, 0.2) is 10.7 Å². The van der Waals surface area contributed by atoms with Gasteiger partial charge in [0.05, 0.1) is 5.92 Å². The predicted octanol–water partition coefficient (Wildman–Crippen LogP) is 7.65. The van der Waals surface area contributed by atoms with Crippen molar-refractivity contribution in [1.82, 2.24) is 10.3 Å². The van der Waals surface area contributed by atoms with E-state index in [4.69, 9.17) is 21.6 Å². The van der Waals surface area contributed by atoms with Gasteiger partial charge in [-0.3, -0.25) is 4.79 Å². The van der Waals surface area contributed by atoms with Crippen molar-refractivity contribution in [1.29, 1.82) is 0 Å². The van der Waals surface area contributed by atoms with Gasteiger partial charge in [-0.15, -0.1) is 0 Å². The maximum atomic E-state index is 13.4. The van der Waals surface area contributed by atoms with Crippen molar-refractivity contribution in [2.45, 2.75) is 32.1 Å². The van der Waals surface area contributed by atoms with Crippen molar-refractivity contribution in [3.8, 4) is 11.5 Å². The molecule has 0 aliphatic rings. The van der Waals surface area contributed by atoms with E-state index < -0.39 is 5.92 Å². The molecule has 0 radical (unpaired) electrons. The third-order valence-electron chi connectivity index (χ3n) is 6.73. The molecule has 1 unspecified atom stereocenters. The molecule has 0 aliphatic heterocycles. The highest BCUT2D eigenvalue weighted by Gasteiger charge is 2.23. The molecule has 1 amide bonds. The Morgan fingerprint density at radius 3 is 2.21 bits per heavy atom. The number of hydrogen-bond acceptors (Lipinski definition) is 4. The lowest BCUT2D eigenvalue weighted by atomic mass is 9.90. The van der Waals surface area contributed by atoms with Crippen LogP contribution in [0.15, 0.2) is 108 Å². The summed E-state index contributed by atoms with van der Waals surface area (Å²) in [6, 6.07) is 33.2. The van der Waals surface area contributed by atoms with Crippen molar-refractivity contribution in [3.63, 3.8) is 0 Å². The predicted molar refractivity (Wildman–Crippen MR) is 157 cm³/mol. The van der Waals surface area contributed by atoms with E-state index in [1.54, 1.807) is 0 Å². The molecule has 0 saturated heterocycles. The molecule has 190 valence electrons. The Labute approximate surface area is 227 Å². The zero-order chi connectivity index (χ0) is 26.5. The summed E-state index contributed by atoms with van der Waals surface area (Å²) in [6.45, 7) is 4.39. The van der Waals surface area contributed by atoms with E-state index in [2.05, 4.69) is 36.6 Å². The highest BCUT2D eigenvalue weighted by atomic mass is 32.1. The van der Waals surface area contributed by atoms with E-state index in [0.717, 1.165) is 39.9 Å². The molecule has 5 rings (SSSR count). The minimum absolute atomic E-state index is 0.202. The third-order valence-corrected chi connectivity index (χ3v) is 6.93. The number of amides is 1. The SMILES string of the molecule is CCC(C)c1ccc2oc(-c3cccc(NC(=S)NC(=O)C(c4ccccc4)c4ccccc4)c3)nc2c1. The van der Waals surface area contributed by atoms with Crippen LogP contribution in [-0.4, -0.2) is 16.0 Å². The first-order valence-electron chi connectivity index (χ1n) is 12.7. The normalized spacial score (nSPS) is 11.9. The lowest BCUT2D eigenvalue weighted by molar-refractivity contribution is -0.120. The summed E-state index contributed by atoms with van der Waals surface area (Å²) in [4.78, 5) is 18.1. The largest absolute Gasteiger partial charge is 0.436 e. The van der Waals surface area contributed by atoms with E-state index in [0.29, 0.717) is 11.8 Å². The van der Waals surface area contributed by atoms with E-state index in [1.807, 2.05) is 91.0 Å². The van der Waals surface area contributed by atoms with E-state index in [-0.39, 0.29) is 11.0 Å². The molecule has 1 heterocycles. The topological polar surface area (TPSA) is 67.2 Å². The highest BCUT2D eigenvalue weighted by Crippen LogP contribution is 2.29. The summed E-state index contributed by atoms with van der Waals surface area (Å²) < 4.78 is 6.03. The van der Waals surface area contributed by atoms with Crippen molar-refractivity contribution < 1.29 is 9.21 Å². The van der Waals surface area contributed by atoms with Crippen LogP contribution in [0.2, 0.25) is 0 Å². The molecule has 2 N–H and O–H groups in total. The summed E-state index contributed by atoms with van der Waals surface area (Å²) in [7, 11) is 0. The van der Waals surface area contributed by atoms with Crippen molar-refractivity contribution >= 4 is 40.0 Å². The zero-order valence-corrected chi connectivity index (χ0v) is 22.2. The first-order chi connectivity index (χ1) is 18.5. The molecular formula is C32H29N3O2S. The fourth-order valence-corrected chi connectivity index (χ4v) is 4.69. The van der Waals surface area contributed by atoms with Crippen LogP contribution in [0.1, 0.15) is 48.8 Å². The molecule has 1 aromatic heterocycles. The molecule has 0 spiro atoms. The average molecular weight is 520 g/mol. The standard InChI is InChI=1S/C32H29N3O2S/c1-3-21(2)24-17-18-28-27(20-24)34-31(37-28)25-15-10-16-26(19-25)33-32(38)35-30(36)29(22-11-6-4-7-12-22)23-13-8-5-9-14-23/h4-21,29H,3H2,1-2H3,(H2,33,35,36,38). The fourth-order valence-electron chi connectivity index (χ4n) is 4.47. The number of fused-ring (bicyclic) bond motifs is 1. The first-order valence-corrected chi connectivity index (χ1v) is 13.2. The van der Waals surface area contributed by atoms with Gasteiger partial charge in [0, 0.05) is 11.3 Å². The number of oxazole rings is 1. The Balaban J connectivity index is 1.32. The summed E-state index contributed by atoms with van der Waals surface area (Å²) >= 11 is 5.51. The van der Waals surface area contributed by atoms with Gasteiger partial charge < -0.3 is 15.1 Å². The van der Waals surface area contributed by atoms with Gasteiger partial charge in [0.25, 0.3) is 0 Å². The van der Waals surface area contributed by atoms with Crippen LogP contribution in [0.4, 0.5) is 5.69 Å². The molecule has 5 aromatic rings. The summed E-state index contributed by atoms with van der Waals surface area (Å²) in [5.41, 5.74) is 6.18. The van der Waals surface area contributed by atoms with Gasteiger partial charge in [-0.25, -0.2) is 4.98 Å². The van der Waals surface area contributed by atoms with E-state index in [1.165, 1.54) is 5.56 Å². The van der Waals surface area contributed by atoms with Gasteiger partial charge in [-0.2, -0.15) is 0 Å². The summed E-state index contributed by atoms with van der Waals surface area (Å²) in [6.07, 6.45) is 1.07. The molecule has 0 saturated carbocycles. The van der Waals surface area contributed by atoms with Crippen LogP contribution in [0.25, 0.3) is 22.6 Å². The minimum Gasteiger partial charge on any atom is -0.436 e.